The normalized spacial score (nSPS) is 24.9. The van der Waals surface area contributed by atoms with Crippen molar-refractivity contribution >= 4 is 5.97 Å². The zero-order valence-electron chi connectivity index (χ0n) is 10.4. The summed E-state index contributed by atoms with van der Waals surface area (Å²) in [4.78, 5) is 14.7. The van der Waals surface area contributed by atoms with E-state index in [-0.39, 0.29) is 12.1 Å². The summed E-state index contributed by atoms with van der Waals surface area (Å²) in [6, 6.07) is 4.14. The molecule has 5 nitrogen and oxygen atoms in total. The first-order chi connectivity index (χ1) is 8.66. The molecule has 98 valence electrons. The van der Waals surface area contributed by atoms with Crippen LogP contribution in [-0.2, 0) is 9.53 Å². The minimum absolute atomic E-state index is 0.00427. The second kappa shape index (κ2) is 5.93. The highest BCUT2D eigenvalue weighted by Gasteiger charge is 2.30. The molecule has 1 aliphatic rings. The molecule has 1 aromatic rings. The third-order valence-corrected chi connectivity index (χ3v) is 3.24. The highest BCUT2D eigenvalue weighted by atomic mass is 16.5. The first kappa shape index (κ1) is 13.0. The number of hydrogen-bond donors (Lipinski definition) is 2. The van der Waals surface area contributed by atoms with Gasteiger partial charge >= 0.3 is 5.97 Å². The maximum absolute atomic E-state index is 10.8. The number of ether oxygens (including phenoxy) is 1. The maximum atomic E-state index is 10.8. The Bertz CT molecular complexity index is 396. The maximum Gasteiger partial charge on any atom is 0.332 e. The Hall–Kier alpha value is -1.46. The Morgan fingerprint density at radius 2 is 2.28 bits per heavy atom. The highest BCUT2D eigenvalue weighted by Crippen LogP contribution is 2.20. The lowest BCUT2D eigenvalue weighted by Crippen LogP contribution is -2.30. The minimum atomic E-state index is -0.861. The summed E-state index contributed by atoms with van der Waals surface area (Å²) < 4.78 is 5.43. The molecule has 1 saturated heterocycles. The van der Waals surface area contributed by atoms with Crippen molar-refractivity contribution in [2.75, 3.05) is 6.54 Å². The van der Waals surface area contributed by atoms with Crippen LogP contribution in [0.15, 0.2) is 24.5 Å². The summed E-state index contributed by atoms with van der Waals surface area (Å²) in [7, 11) is 0. The molecule has 0 radical (unpaired) electrons. The van der Waals surface area contributed by atoms with E-state index in [2.05, 4.69) is 17.2 Å². The Morgan fingerprint density at radius 1 is 1.56 bits per heavy atom. The molecule has 0 aromatic carbocycles. The highest BCUT2D eigenvalue weighted by molar-refractivity contribution is 5.72. The van der Waals surface area contributed by atoms with E-state index in [9.17, 15) is 4.79 Å². The van der Waals surface area contributed by atoms with Gasteiger partial charge < -0.3 is 15.2 Å². The van der Waals surface area contributed by atoms with E-state index >= 15 is 0 Å². The molecule has 3 atom stereocenters. The number of aromatic nitrogens is 1. The van der Waals surface area contributed by atoms with Gasteiger partial charge in [0.1, 0.15) is 0 Å². The SMILES string of the molecule is CC(NCC1CCC(C(=O)O)O1)c1ccncc1. The van der Waals surface area contributed by atoms with Gasteiger partial charge in [-0.15, -0.1) is 0 Å². The number of rotatable bonds is 5. The van der Waals surface area contributed by atoms with Gasteiger partial charge in [-0.25, -0.2) is 4.79 Å². The lowest BCUT2D eigenvalue weighted by Gasteiger charge is -2.17. The fourth-order valence-electron chi connectivity index (χ4n) is 2.12. The molecule has 2 N–H and O–H groups in total. The second-order valence-electron chi connectivity index (χ2n) is 4.57. The van der Waals surface area contributed by atoms with Gasteiger partial charge in [0.15, 0.2) is 6.10 Å². The van der Waals surface area contributed by atoms with Gasteiger partial charge in [-0.2, -0.15) is 0 Å². The van der Waals surface area contributed by atoms with Crippen LogP contribution >= 0.6 is 0 Å². The molecule has 0 spiro atoms. The van der Waals surface area contributed by atoms with E-state index in [1.165, 1.54) is 0 Å². The van der Waals surface area contributed by atoms with Gasteiger partial charge in [0, 0.05) is 25.0 Å². The number of hydrogen-bond acceptors (Lipinski definition) is 4. The van der Waals surface area contributed by atoms with E-state index in [0.717, 1.165) is 12.0 Å². The average Bonchev–Trinajstić information content (AvgIpc) is 2.86. The first-order valence-electron chi connectivity index (χ1n) is 6.18. The fraction of sp³-hybridized carbons (Fsp3) is 0.538. The van der Waals surface area contributed by atoms with Gasteiger partial charge in [-0.3, -0.25) is 4.98 Å². The van der Waals surface area contributed by atoms with Gasteiger partial charge in [-0.05, 0) is 37.5 Å². The summed E-state index contributed by atoms with van der Waals surface area (Å²) in [5.74, 6) is -0.861. The fourth-order valence-corrected chi connectivity index (χ4v) is 2.12. The monoisotopic (exact) mass is 250 g/mol. The standard InChI is InChI=1S/C13H18N2O3/c1-9(10-4-6-14-7-5-10)15-8-11-2-3-12(18-11)13(16)17/h4-7,9,11-12,15H,2-3,8H2,1H3,(H,16,17). The number of carboxylic acid groups (broad SMARTS) is 1. The van der Waals surface area contributed by atoms with Crippen molar-refractivity contribution < 1.29 is 14.6 Å². The molecule has 1 aliphatic heterocycles. The smallest absolute Gasteiger partial charge is 0.332 e. The Labute approximate surface area is 106 Å². The minimum Gasteiger partial charge on any atom is -0.479 e. The van der Waals surface area contributed by atoms with Crippen molar-refractivity contribution in [3.05, 3.63) is 30.1 Å². The van der Waals surface area contributed by atoms with Crippen LogP contribution in [0, 0.1) is 0 Å². The largest absolute Gasteiger partial charge is 0.479 e. The van der Waals surface area contributed by atoms with Crippen molar-refractivity contribution in [2.45, 2.75) is 38.0 Å². The van der Waals surface area contributed by atoms with Crippen LogP contribution in [0.3, 0.4) is 0 Å². The van der Waals surface area contributed by atoms with Crippen LogP contribution in [0.25, 0.3) is 0 Å². The van der Waals surface area contributed by atoms with Gasteiger partial charge in [0.05, 0.1) is 6.10 Å². The van der Waals surface area contributed by atoms with Crippen LogP contribution in [0.4, 0.5) is 0 Å². The Balaban J connectivity index is 1.77. The van der Waals surface area contributed by atoms with E-state index in [0.29, 0.717) is 13.0 Å². The number of carboxylic acids is 1. The Kier molecular flexibility index (Phi) is 4.28. The molecule has 1 aromatic heterocycles. The number of nitrogens with one attached hydrogen (secondary N) is 1. The predicted octanol–water partition coefficient (Wildman–Crippen LogP) is 1.36. The lowest BCUT2D eigenvalue weighted by molar-refractivity contribution is -0.149. The molecular weight excluding hydrogens is 232 g/mol. The summed E-state index contributed by atoms with van der Waals surface area (Å²) >= 11 is 0. The zero-order valence-corrected chi connectivity index (χ0v) is 10.4. The number of aliphatic carboxylic acids is 1. The molecule has 1 fully saturated rings. The van der Waals surface area contributed by atoms with Crippen molar-refractivity contribution in [1.82, 2.24) is 10.3 Å². The summed E-state index contributed by atoms with van der Waals surface area (Å²) in [6.45, 7) is 2.74. The van der Waals surface area contributed by atoms with Crippen molar-refractivity contribution in [2.24, 2.45) is 0 Å². The summed E-state index contributed by atoms with van der Waals surface area (Å²) in [5.41, 5.74) is 1.16. The third kappa shape index (κ3) is 3.27. The molecule has 3 unspecified atom stereocenters. The summed E-state index contributed by atoms with van der Waals surface area (Å²) in [5, 5.41) is 12.2. The molecule has 0 aliphatic carbocycles. The zero-order chi connectivity index (χ0) is 13.0. The molecule has 2 heterocycles. The second-order valence-corrected chi connectivity index (χ2v) is 4.57. The van der Waals surface area contributed by atoms with E-state index < -0.39 is 12.1 Å². The molecule has 5 heteroatoms. The first-order valence-corrected chi connectivity index (χ1v) is 6.18. The van der Waals surface area contributed by atoms with Crippen LogP contribution in [-0.4, -0.2) is 34.8 Å². The number of pyridine rings is 1. The molecule has 0 bridgehead atoms. The lowest BCUT2D eigenvalue weighted by atomic mass is 10.1. The molecule has 0 amide bonds. The van der Waals surface area contributed by atoms with E-state index in [1.807, 2.05) is 12.1 Å². The molecule has 18 heavy (non-hydrogen) atoms. The van der Waals surface area contributed by atoms with Crippen LogP contribution in [0.2, 0.25) is 0 Å². The average molecular weight is 250 g/mol. The topological polar surface area (TPSA) is 71.5 Å². The molecule has 0 saturated carbocycles. The third-order valence-electron chi connectivity index (χ3n) is 3.24. The van der Waals surface area contributed by atoms with Crippen molar-refractivity contribution in [1.29, 1.82) is 0 Å². The van der Waals surface area contributed by atoms with Gasteiger partial charge in [-0.1, -0.05) is 0 Å². The number of carbonyl (C=O) groups is 1. The van der Waals surface area contributed by atoms with Gasteiger partial charge in [0.25, 0.3) is 0 Å². The quantitative estimate of drug-likeness (QED) is 0.825. The van der Waals surface area contributed by atoms with Crippen LogP contribution in [0.1, 0.15) is 31.4 Å². The molecule has 2 rings (SSSR count). The van der Waals surface area contributed by atoms with Gasteiger partial charge in [0.2, 0.25) is 0 Å². The number of nitrogens with zero attached hydrogens (tertiary/aromatic N) is 1. The van der Waals surface area contributed by atoms with Crippen molar-refractivity contribution in [3.63, 3.8) is 0 Å². The van der Waals surface area contributed by atoms with Crippen molar-refractivity contribution in [3.8, 4) is 0 Å². The Morgan fingerprint density at radius 3 is 2.89 bits per heavy atom. The van der Waals surface area contributed by atoms with E-state index in [1.54, 1.807) is 12.4 Å². The van der Waals surface area contributed by atoms with E-state index in [4.69, 9.17) is 9.84 Å². The van der Waals surface area contributed by atoms with Crippen LogP contribution < -0.4 is 5.32 Å². The predicted molar refractivity (Wildman–Crippen MR) is 66.2 cm³/mol. The molecular formula is C13H18N2O3. The summed E-state index contributed by atoms with van der Waals surface area (Å²) in [6.07, 6.45) is 4.29. The van der Waals surface area contributed by atoms with Crippen LogP contribution in [0.5, 0.6) is 0 Å².